The van der Waals surface area contributed by atoms with E-state index in [1.165, 1.54) is 12.1 Å². The molecule has 1 heterocycles. The van der Waals surface area contributed by atoms with Gasteiger partial charge in [0.1, 0.15) is 5.82 Å². The number of likely N-dealkylation sites (tertiary alicyclic amines) is 1. The Bertz CT molecular complexity index is 388. The number of β-amino-alcohol motifs (C(OH)–C–C–N with tert-alkyl or cyclic N) is 1. The van der Waals surface area contributed by atoms with E-state index in [4.69, 9.17) is 4.74 Å². The van der Waals surface area contributed by atoms with Gasteiger partial charge in [-0.15, -0.1) is 0 Å². The van der Waals surface area contributed by atoms with Crippen molar-refractivity contribution in [2.24, 2.45) is 0 Å². The molecular weight excluding hydrogens is 257 g/mol. The molecule has 0 spiro atoms. The van der Waals surface area contributed by atoms with Gasteiger partial charge < -0.3 is 14.7 Å². The van der Waals surface area contributed by atoms with Crippen molar-refractivity contribution in [1.82, 2.24) is 4.90 Å². The predicted molar refractivity (Wildman–Crippen MR) is 76.9 cm³/mol. The molecular formula is C16H24FNO2. The first kappa shape index (κ1) is 15.4. The van der Waals surface area contributed by atoms with E-state index in [-0.39, 0.29) is 18.0 Å². The highest BCUT2D eigenvalue weighted by Crippen LogP contribution is 2.16. The number of ether oxygens (including phenoxy) is 1. The number of aliphatic hydroxyl groups is 1. The number of hydrogen-bond acceptors (Lipinski definition) is 3. The quantitative estimate of drug-likeness (QED) is 0.870. The highest BCUT2D eigenvalue weighted by atomic mass is 19.1. The van der Waals surface area contributed by atoms with E-state index < -0.39 is 0 Å². The minimum atomic E-state index is -0.216. The first-order chi connectivity index (χ1) is 9.67. The lowest BCUT2D eigenvalue weighted by atomic mass is 10.1. The summed E-state index contributed by atoms with van der Waals surface area (Å²) in [4.78, 5) is 2.30. The number of benzene rings is 1. The summed E-state index contributed by atoms with van der Waals surface area (Å²) in [6.45, 7) is 5.27. The number of aliphatic hydroxyl groups excluding tert-OH is 1. The smallest absolute Gasteiger partial charge is 0.123 e. The molecule has 20 heavy (non-hydrogen) atoms. The maximum Gasteiger partial charge on any atom is 0.123 e. The van der Waals surface area contributed by atoms with Crippen molar-refractivity contribution in [3.8, 4) is 0 Å². The molecule has 112 valence electrons. The monoisotopic (exact) mass is 281 g/mol. The zero-order chi connectivity index (χ0) is 14.4. The van der Waals surface area contributed by atoms with Gasteiger partial charge in [0, 0.05) is 19.6 Å². The zero-order valence-corrected chi connectivity index (χ0v) is 12.1. The largest absolute Gasteiger partial charge is 0.392 e. The Hall–Kier alpha value is -0.970. The first-order valence-electron chi connectivity index (χ1n) is 7.44. The second-order valence-corrected chi connectivity index (χ2v) is 5.50. The Morgan fingerprint density at radius 1 is 1.30 bits per heavy atom. The molecule has 1 aromatic carbocycles. The van der Waals surface area contributed by atoms with Gasteiger partial charge in [0.15, 0.2) is 0 Å². The molecule has 0 radical (unpaired) electrons. The molecule has 0 aromatic heterocycles. The molecule has 0 aliphatic carbocycles. The van der Waals surface area contributed by atoms with Gasteiger partial charge in [0.2, 0.25) is 0 Å². The van der Waals surface area contributed by atoms with Crippen LogP contribution in [0.2, 0.25) is 0 Å². The molecule has 1 aliphatic rings. The normalized spacial score (nSPS) is 19.1. The third kappa shape index (κ3) is 4.85. The molecule has 1 saturated heterocycles. The van der Waals surface area contributed by atoms with Crippen LogP contribution < -0.4 is 0 Å². The molecule has 0 bridgehead atoms. The Morgan fingerprint density at radius 2 is 1.95 bits per heavy atom. The van der Waals surface area contributed by atoms with E-state index in [1.54, 1.807) is 12.1 Å². The third-order valence-electron chi connectivity index (χ3n) is 3.87. The van der Waals surface area contributed by atoms with Gasteiger partial charge in [-0.1, -0.05) is 19.1 Å². The SMILES string of the molecule is CCC(O)CN1CCC(OCc2ccc(F)cc2)CC1. The lowest BCUT2D eigenvalue weighted by molar-refractivity contribution is -0.0109. The molecule has 0 amide bonds. The van der Waals surface area contributed by atoms with Gasteiger partial charge in [0.05, 0.1) is 18.8 Å². The van der Waals surface area contributed by atoms with Crippen molar-refractivity contribution in [3.05, 3.63) is 35.6 Å². The topological polar surface area (TPSA) is 32.7 Å². The summed E-state index contributed by atoms with van der Waals surface area (Å²) >= 11 is 0. The summed E-state index contributed by atoms with van der Waals surface area (Å²) in [5.41, 5.74) is 1.01. The molecule has 4 heteroatoms. The van der Waals surface area contributed by atoms with E-state index in [9.17, 15) is 9.50 Å². The lowest BCUT2D eigenvalue weighted by Crippen LogP contribution is -2.40. The van der Waals surface area contributed by atoms with Gasteiger partial charge >= 0.3 is 0 Å². The molecule has 1 aliphatic heterocycles. The van der Waals surface area contributed by atoms with Gasteiger partial charge in [-0.25, -0.2) is 4.39 Å². The van der Waals surface area contributed by atoms with E-state index in [0.29, 0.717) is 6.61 Å². The maximum absolute atomic E-state index is 12.8. The Morgan fingerprint density at radius 3 is 2.55 bits per heavy atom. The van der Waals surface area contributed by atoms with E-state index in [1.807, 2.05) is 6.92 Å². The summed E-state index contributed by atoms with van der Waals surface area (Å²) < 4.78 is 18.7. The summed E-state index contributed by atoms with van der Waals surface area (Å²) in [5.74, 6) is -0.212. The van der Waals surface area contributed by atoms with Crippen molar-refractivity contribution in [2.75, 3.05) is 19.6 Å². The second kappa shape index (κ2) is 7.72. The second-order valence-electron chi connectivity index (χ2n) is 5.50. The lowest BCUT2D eigenvalue weighted by Gasteiger charge is -2.32. The van der Waals surface area contributed by atoms with Gasteiger partial charge in [-0.2, -0.15) is 0 Å². The predicted octanol–water partition coefficient (Wildman–Crippen LogP) is 2.58. The van der Waals surface area contributed by atoms with Crippen molar-refractivity contribution >= 4 is 0 Å². The fraction of sp³-hybridized carbons (Fsp3) is 0.625. The van der Waals surface area contributed by atoms with Crippen LogP contribution in [0.3, 0.4) is 0 Å². The Kier molecular flexibility index (Phi) is 5.95. The molecule has 1 N–H and O–H groups in total. The van der Waals surface area contributed by atoms with Gasteiger partial charge in [0.25, 0.3) is 0 Å². The van der Waals surface area contributed by atoms with Crippen LogP contribution in [0.1, 0.15) is 31.7 Å². The fourth-order valence-corrected chi connectivity index (χ4v) is 2.48. The van der Waals surface area contributed by atoms with Crippen LogP contribution in [-0.2, 0) is 11.3 Å². The first-order valence-corrected chi connectivity index (χ1v) is 7.44. The average Bonchev–Trinajstić information content (AvgIpc) is 2.48. The number of rotatable bonds is 6. The van der Waals surface area contributed by atoms with E-state index in [0.717, 1.165) is 44.5 Å². The number of halogens is 1. The Labute approximate surface area is 120 Å². The van der Waals surface area contributed by atoms with Crippen LogP contribution >= 0.6 is 0 Å². The highest BCUT2D eigenvalue weighted by molar-refractivity contribution is 5.14. The molecule has 2 rings (SSSR count). The average molecular weight is 281 g/mol. The summed E-state index contributed by atoms with van der Waals surface area (Å²) in [7, 11) is 0. The molecule has 1 unspecified atom stereocenters. The number of nitrogens with zero attached hydrogens (tertiary/aromatic N) is 1. The summed E-state index contributed by atoms with van der Waals surface area (Å²) in [5, 5.41) is 9.65. The highest BCUT2D eigenvalue weighted by Gasteiger charge is 2.20. The zero-order valence-electron chi connectivity index (χ0n) is 12.1. The van der Waals surface area contributed by atoms with Crippen LogP contribution in [0, 0.1) is 5.82 Å². The van der Waals surface area contributed by atoms with Gasteiger partial charge in [-0.05, 0) is 37.0 Å². The van der Waals surface area contributed by atoms with E-state index >= 15 is 0 Å². The molecule has 1 atom stereocenters. The van der Waals surface area contributed by atoms with Crippen LogP contribution in [-0.4, -0.2) is 41.8 Å². The minimum Gasteiger partial charge on any atom is -0.392 e. The van der Waals surface area contributed by atoms with Crippen LogP contribution in [0.5, 0.6) is 0 Å². The van der Waals surface area contributed by atoms with Crippen molar-refractivity contribution in [3.63, 3.8) is 0 Å². The number of hydrogen-bond donors (Lipinski definition) is 1. The summed E-state index contributed by atoms with van der Waals surface area (Å²) in [6.07, 6.45) is 2.86. The molecule has 1 aromatic rings. The van der Waals surface area contributed by atoms with Crippen molar-refractivity contribution in [2.45, 2.75) is 45.0 Å². The molecule has 0 saturated carbocycles. The fourth-order valence-electron chi connectivity index (χ4n) is 2.48. The third-order valence-corrected chi connectivity index (χ3v) is 3.87. The standard InChI is InChI=1S/C16H24FNO2/c1-2-15(19)11-18-9-7-16(8-10-18)20-12-13-3-5-14(17)6-4-13/h3-6,15-16,19H,2,7-12H2,1H3. The maximum atomic E-state index is 12.8. The van der Waals surface area contributed by atoms with Crippen molar-refractivity contribution in [1.29, 1.82) is 0 Å². The Balaban J connectivity index is 1.68. The van der Waals surface area contributed by atoms with Crippen LogP contribution in [0.15, 0.2) is 24.3 Å². The number of piperidine rings is 1. The summed E-state index contributed by atoms with van der Waals surface area (Å²) in [6, 6.07) is 6.46. The molecule has 1 fully saturated rings. The van der Waals surface area contributed by atoms with Crippen LogP contribution in [0.4, 0.5) is 4.39 Å². The van der Waals surface area contributed by atoms with E-state index in [2.05, 4.69) is 4.90 Å². The van der Waals surface area contributed by atoms with Crippen molar-refractivity contribution < 1.29 is 14.2 Å². The minimum absolute atomic E-state index is 0.212. The van der Waals surface area contributed by atoms with Crippen LogP contribution in [0.25, 0.3) is 0 Å². The molecule has 3 nitrogen and oxygen atoms in total. The van der Waals surface area contributed by atoms with Gasteiger partial charge in [-0.3, -0.25) is 0 Å².